The first kappa shape index (κ1) is 7.23. The highest BCUT2D eigenvalue weighted by atomic mass is 14.2. The lowest BCUT2D eigenvalue weighted by Crippen LogP contribution is -2.10. The van der Waals surface area contributed by atoms with Gasteiger partial charge in [0.15, 0.2) is 0 Å². The van der Waals surface area contributed by atoms with Gasteiger partial charge in [-0.25, -0.2) is 6.57 Å². The zero-order valence-corrected chi connectivity index (χ0v) is 4.98. The molecule has 0 aliphatic heterocycles. The minimum atomic E-state index is 1.32. The summed E-state index contributed by atoms with van der Waals surface area (Å²) in [5.41, 5.74) is 0. The molecule has 0 radical (unpaired) electrons. The molecule has 1 aliphatic carbocycles. The predicted octanol–water partition coefficient (Wildman–Crippen LogP) is 0.462. The van der Waals surface area contributed by atoms with Crippen molar-refractivity contribution >= 4 is 0 Å². The monoisotopic (exact) mass is 109 g/mol. The smallest absolute Gasteiger partial charge is 0.0351 e. The summed E-state index contributed by atoms with van der Waals surface area (Å²) in [6.45, 7) is 5.00. The summed E-state index contributed by atoms with van der Waals surface area (Å²) < 4.78 is 0. The Morgan fingerprint density at radius 2 is 1.38 bits per heavy atom. The van der Waals surface area contributed by atoms with Gasteiger partial charge in [-0.1, -0.05) is 12.2 Å². The molecule has 0 heterocycles. The second kappa shape index (κ2) is 6.23. The second-order valence-corrected chi connectivity index (χ2v) is 1.76. The maximum Gasteiger partial charge on any atom is -0.0351 e. The molecular formula is C7H11N. The van der Waals surface area contributed by atoms with E-state index in [1.165, 1.54) is 25.7 Å². The number of nitrogens with one attached hydrogen (secondary N) is 1. The largest absolute Gasteiger partial charge is 0.335 e. The fourth-order valence-electron chi connectivity index (χ4n) is 0.760. The summed E-state index contributed by atoms with van der Waals surface area (Å²) in [6.07, 6.45) is 10.0. The normalized spacial score (nSPS) is 16.2. The second-order valence-electron chi connectivity index (χ2n) is 1.76. The minimum absolute atomic E-state index is 1.32. The third kappa shape index (κ3) is 3.42. The molecule has 1 N–H and O–H groups in total. The van der Waals surface area contributed by atoms with Crippen molar-refractivity contribution in [3.63, 3.8) is 0 Å². The Bertz CT molecular complexity index is 73.6. The van der Waals surface area contributed by atoms with Gasteiger partial charge in [0, 0.05) is 0 Å². The Hall–Kier alpha value is -0.770. The van der Waals surface area contributed by atoms with Crippen LogP contribution in [0.1, 0.15) is 25.7 Å². The summed E-state index contributed by atoms with van der Waals surface area (Å²) in [7, 11) is 0. The van der Waals surface area contributed by atoms with Crippen molar-refractivity contribution < 1.29 is 5.26 Å². The van der Waals surface area contributed by atoms with Crippen LogP contribution in [0.4, 0.5) is 0 Å². The molecule has 0 fully saturated rings. The van der Waals surface area contributed by atoms with Crippen LogP contribution in [0, 0.1) is 6.57 Å². The van der Waals surface area contributed by atoms with Crippen LogP contribution >= 0.6 is 0 Å². The molecule has 0 atom stereocenters. The van der Waals surface area contributed by atoms with Crippen LogP contribution in [-0.2, 0) is 0 Å². The van der Waals surface area contributed by atoms with E-state index in [4.69, 9.17) is 11.8 Å². The van der Waals surface area contributed by atoms with Gasteiger partial charge in [-0.15, -0.1) is 0 Å². The molecule has 1 aliphatic rings. The van der Waals surface area contributed by atoms with E-state index in [0.717, 1.165) is 0 Å². The molecule has 8 heavy (non-hydrogen) atoms. The molecule has 0 unspecified atom stereocenters. The van der Waals surface area contributed by atoms with Crippen LogP contribution in [-0.4, -0.2) is 0 Å². The average Bonchev–Trinajstić information content (AvgIpc) is 1.96. The molecule has 0 aromatic rings. The van der Waals surface area contributed by atoms with Crippen LogP contribution in [0.5, 0.6) is 0 Å². The summed E-state index contributed by atoms with van der Waals surface area (Å²) >= 11 is 0. The summed E-state index contributed by atoms with van der Waals surface area (Å²) in [5, 5.41) is 5.00. The highest BCUT2D eigenvalue weighted by Crippen LogP contribution is 2.07. The van der Waals surface area contributed by atoms with Crippen molar-refractivity contribution in [1.82, 2.24) is 0 Å². The zero-order chi connectivity index (χ0) is 6.24. The van der Waals surface area contributed by atoms with Crippen LogP contribution in [0.3, 0.4) is 0 Å². The summed E-state index contributed by atoms with van der Waals surface area (Å²) in [4.78, 5) is 0. The number of hydrogen-bond acceptors (Lipinski definition) is 0. The van der Waals surface area contributed by atoms with Crippen LogP contribution in [0.15, 0.2) is 12.2 Å². The van der Waals surface area contributed by atoms with Gasteiger partial charge in [0.25, 0.3) is 0 Å². The van der Waals surface area contributed by atoms with E-state index in [1.54, 1.807) is 0 Å². The Kier molecular flexibility index (Phi) is 5.63. The Morgan fingerprint density at radius 3 is 1.50 bits per heavy atom. The predicted molar refractivity (Wildman–Crippen MR) is 31.8 cm³/mol. The topological polar surface area (TPSA) is 23.8 Å². The molecule has 0 bridgehead atoms. The summed E-state index contributed by atoms with van der Waals surface area (Å²) in [6, 6.07) is 0. The lowest BCUT2D eigenvalue weighted by Gasteiger charge is -1.97. The van der Waals surface area contributed by atoms with Crippen molar-refractivity contribution in [1.29, 1.82) is 0 Å². The fourth-order valence-corrected chi connectivity index (χ4v) is 0.760. The first-order valence-corrected chi connectivity index (χ1v) is 2.90. The van der Waals surface area contributed by atoms with Gasteiger partial charge >= 0.3 is 0 Å². The Labute approximate surface area is 50.6 Å². The van der Waals surface area contributed by atoms with Gasteiger partial charge in [-0.3, -0.25) is 0 Å². The van der Waals surface area contributed by atoms with E-state index in [9.17, 15) is 0 Å². The molecule has 0 spiro atoms. The van der Waals surface area contributed by atoms with Gasteiger partial charge in [0.2, 0.25) is 0 Å². The molecule has 1 heteroatoms. The third-order valence-corrected chi connectivity index (χ3v) is 1.16. The van der Waals surface area contributed by atoms with Crippen molar-refractivity contribution in [3.8, 4) is 0 Å². The lowest BCUT2D eigenvalue weighted by molar-refractivity contribution is -0.0997. The van der Waals surface area contributed by atoms with Crippen molar-refractivity contribution in [3.05, 3.63) is 18.7 Å². The highest BCUT2D eigenvalue weighted by molar-refractivity contribution is 4.85. The van der Waals surface area contributed by atoms with Gasteiger partial charge in [-0.05, 0) is 25.7 Å². The molecular weight excluding hydrogens is 98.1 g/mol. The molecule has 1 nitrogen and oxygen atoms in total. The van der Waals surface area contributed by atoms with Crippen molar-refractivity contribution in [2.45, 2.75) is 25.7 Å². The molecule has 0 aromatic heterocycles. The van der Waals surface area contributed by atoms with Crippen LogP contribution in [0.2, 0.25) is 0 Å². The average molecular weight is 109 g/mol. The highest BCUT2D eigenvalue weighted by Gasteiger charge is 1.87. The van der Waals surface area contributed by atoms with E-state index >= 15 is 0 Å². The SMILES string of the molecule is C1=CCCCC1.[C-]#[NH+]. The van der Waals surface area contributed by atoms with E-state index in [1.807, 2.05) is 0 Å². The molecule has 0 amide bonds. The minimum Gasteiger partial charge on any atom is -0.335 e. The first-order valence-electron chi connectivity index (χ1n) is 2.90. The quantitative estimate of drug-likeness (QED) is 0.345. The lowest BCUT2D eigenvalue weighted by atomic mass is 10.1. The first-order chi connectivity index (χ1) is 4.00. The van der Waals surface area contributed by atoms with Crippen molar-refractivity contribution in [2.24, 2.45) is 0 Å². The molecule has 0 saturated heterocycles. The molecule has 0 aromatic carbocycles. The number of rotatable bonds is 0. The standard InChI is InChI=1S/C6H10.CHN/c1-2-4-6-5-3-1;1-2/h1-2H,3-6H2;2H. The van der Waals surface area contributed by atoms with E-state index in [2.05, 4.69) is 12.2 Å². The maximum absolute atomic E-state index is 5.00. The van der Waals surface area contributed by atoms with Crippen LogP contribution in [0.25, 0.3) is 0 Å². The zero-order valence-electron chi connectivity index (χ0n) is 4.98. The van der Waals surface area contributed by atoms with Crippen LogP contribution < -0.4 is 5.26 Å². The summed E-state index contributed by atoms with van der Waals surface area (Å²) in [5.74, 6) is 0. The third-order valence-electron chi connectivity index (χ3n) is 1.16. The van der Waals surface area contributed by atoms with Gasteiger partial charge in [0.1, 0.15) is 0 Å². The van der Waals surface area contributed by atoms with Gasteiger partial charge in [-0.2, -0.15) is 0 Å². The molecule has 0 saturated carbocycles. The fraction of sp³-hybridized carbons (Fsp3) is 0.571. The van der Waals surface area contributed by atoms with E-state index in [0.29, 0.717) is 0 Å². The van der Waals surface area contributed by atoms with Gasteiger partial charge in [0.05, 0.1) is 0 Å². The Balaban J connectivity index is 0.000000222. The maximum atomic E-state index is 5.00. The van der Waals surface area contributed by atoms with E-state index < -0.39 is 0 Å². The van der Waals surface area contributed by atoms with Crippen molar-refractivity contribution in [2.75, 3.05) is 0 Å². The molecule has 1 rings (SSSR count). The molecule has 44 valence electrons. The number of hydrogen-bond donors (Lipinski definition) is 1. The van der Waals surface area contributed by atoms with Gasteiger partial charge < -0.3 is 5.26 Å². The van der Waals surface area contributed by atoms with E-state index in [-0.39, 0.29) is 0 Å². The Morgan fingerprint density at radius 1 is 1.00 bits per heavy atom. The number of allylic oxidation sites excluding steroid dienone is 2.